The molecule has 0 fully saturated rings. The highest BCUT2D eigenvalue weighted by molar-refractivity contribution is 9.10. The van der Waals surface area contributed by atoms with Gasteiger partial charge in [0.15, 0.2) is 11.5 Å². The quantitative estimate of drug-likeness (QED) is 0.716. The molecular formula is C18H20BrN3O4. The predicted molar refractivity (Wildman–Crippen MR) is 104 cm³/mol. The number of nitrogens with one attached hydrogen (secondary N) is 2. The SMILES string of the molecule is CCCOc1c(Br)cc(/C=C/c2ncc(C(=O)NC)c(=O)[nH]2)cc1OC. The molecule has 0 aliphatic heterocycles. The number of benzene rings is 1. The number of aromatic nitrogens is 2. The van der Waals surface area contributed by atoms with Gasteiger partial charge in [-0.3, -0.25) is 9.59 Å². The summed E-state index contributed by atoms with van der Waals surface area (Å²) in [5.41, 5.74) is 0.295. The van der Waals surface area contributed by atoms with E-state index in [4.69, 9.17) is 9.47 Å². The normalized spacial score (nSPS) is 10.8. The molecule has 0 bridgehead atoms. The molecule has 0 radical (unpaired) electrons. The lowest BCUT2D eigenvalue weighted by Crippen LogP contribution is -2.27. The van der Waals surface area contributed by atoms with Crippen LogP contribution in [-0.2, 0) is 0 Å². The number of ether oxygens (including phenoxy) is 2. The van der Waals surface area contributed by atoms with Gasteiger partial charge in [0, 0.05) is 13.2 Å². The number of aromatic amines is 1. The van der Waals surface area contributed by atoms with Crippen LogP contribution in [0.5, 0.6) is 11.5 Å². The maximum absolute atomic E-state index is 11.9. The Kier molecular flexibility index (Phi) is 6.97. The second-order valence-corrected chi connectivity index (χ2v) is 6.16. The first-order valence-corrected chi connectivity index (χ1v) is 8.79. The van der Waals surface area contributed by atoms with Crippen molar-refractivity contribution < 1.29 is 14.3 Å². The van der Waals surface area contributed by atoms with Crippen LogP contribution >= 0.6 is 15.9 Å². The van der Waals surface area contributed by atoms with Crippen molar-refractivity contribution in [3.63, 3.8) is 0 Å². The van der Waals surface area contributed by atoms with Crippen LogP contribution in [0.25, 0.3) is 12.2 Å². The van der Waals surface area contributed by atoms with E-state index in [0.29, 0.717) is 23.9 Å². The second-order valence-electron chi connectivity index (χ2n) is 5.31. The van der Waals surface area contributed by atoms with Gasteiger partial charge in [0.1, 0.15) is 11.4 Å². The highest BCUT2D eigenvalue weighted by Crippen LogP contribution is 2.37. The number of hydrogen-bond donors (Lipinski definition) is 2. The smallest absolute Gasteiger partial charge is 0.263 e. The average Bonchev–Trinajstić information content (AvgIpc) is 2.64. The van der Waals surface area contributed by atoms with Crippen molar-refractivity contribution in [2.45, 2.75) is 13.3 Å². The van der Waals surface area contributed by atoms with Crippen LogP contribution in [-0.4, -0.2) is 36.6 Å². The second kappa shape index (κ2) is 9.19. The Labute approximate surface area is 159 Å². The molecule has 26 heavy (non-hydrogen) atoms. The fraction of sp³-hybridized carbons (Fsp3) is 0.278. The van der Waals surface area contributed by atoms with Crippen molar-refractivity contribution in [2.24, 2.45) is 0 Å². The average molecular weight is 422 g/mol. The van der Waals surface area contributed by atoms with Gasteiger partial charge in [-0.05, 0) is 46.1 Å². The van der Waals surface area contributed by atoms with E-state index in [-0.39, 0.29) is 5.56 Å². The third-order valence-corrected chi connectivity index (χ3v) is 4.02. The lowest BCUT2D eigenvalue weighted by molar-refractivity contribution is 0.0961. The van der Waals surface area contributed by atoms with E-state index in [0.717, 1.165) is 16.5 Å². The number of nitrogens with zero attached hydrogens (tertiary/aromatic N) is 1. The number of carbonyl (C=O) groups is 1. The maximum Gasteiger partial charge on any atom is 0.263 e. The van der Waals surface area contributed by atoms with Gasteiger partial charge in [-0.25, -0.2) is 4.98 Å². The standard InChI is InChI=1S/C18H20BrN3O4/c1-4-7-26-16-13(19)8-11(9-14(16)25-3)5-6-15-21-10-12(17(23)20-2)18(24)22-15/h5-6,8-10H,4,7H2,1-3H3,(H,20,23)(H,21,22,24)/b6-5+. The van der Waals surface area contributed by atoms with Crippen molar-refractivity contribution in [2.75, 3.05) is 20.8 Å². The summed E-state index contributed by atoms with van der Waals surface area (Å²) in [6, 6.07) is 3.70. The van der Waals surface area contributed by atoms with Gasteiger partial charge >= 0.3 is 0 Å². The fourth-order valence-corrected chi connectivity index (χ4v) is 2.72. The van der Waals surface area contributed by atoms with E-state index in [1.54, 1.807) is 19.3 Å². The Morgan fingerprint density at radius 1 is 1.38 bits per heavy atom. The number of carbonyl (C=O) groups excluding carboxylic acids is 1. The van der Waals surface area contributed by atoms with Crippen molar-refractivity contribution in [1.29, 1.82) is 0 Å². The highest BCUT2D eigenvalue weighted by Gasteiger charge is 2.11. The zero-order chi connectivity index (χ0) is 19.1. The molecular weight excluding hydrogens is 402 g/mol. The summed E-state index contributed by atoms with van der Waals surface area (Å²) in [5.74, 6) is 1.10. The van der Waals surface area contributed by atoms with E-state index in [9.17, 15) is 9.59 Å². The molecule has 1 heterocycles. The number of rotatable bonds is 7. The van der Waals surface area contributed by atoms with E-state index in [1.807, 2.05) is 19.1 Å². The van der Waals surface area contributed by atoms with Gasteiger partial charge in [-0.1, -0.05) is 13.0 Å². The molecule has 1 amide bonds. The Morgan fingerprint density at radius 3 is 2.77 bits per heavy atom. The predicted octanol–water partition coefficient (Wildman–Crippen LogP) is 2.86. The minimum atomic E-state index is -0.499. The van der Waals surface area contributed by atoms with Crippen LogP contribution in [0.4, 0.5) is 0 Å². The van der Waals surface area contributed by atoms with Crippen LogP contribution in [0.1, 0.15) is 35.1 Å². The summed E-state index contributed by atoms with van der Waals surface area (Å²) in [4.78, 5) is 30.1. The number of amides is 1. The van der Waals surface area contributed by atoms with E-state index in [1.165, 1.54) is 13.2 Å². The van der Waals surface area contributed by atoms with E-state index >= 15 is 0 Å². The topological polar surface area (TPSA) is 93.3 Å². The third kappa shape index (κ3) is 4.72. The number of hydrogen-bond acceptors (Lipinski definition) is 5. The lowest BCUT2D eigenvalue weighted by atomic mass is 10.2. The van der Waals surface area contributed by atoms with Gasteiger partial charge < -0.3 is 19.8 Å². The molecule has 0 saturated heterocycles. The molecule has 8 heteroatoms. The van der Waals surface area contributed by atoms with Crippen LogP contribution in [0.15, 0.2) is 27.6 Å². The van der Waals surface area contributed by atoms with Crippen molar-refractivity contribution >= 4 is 34.0 Å². The van der Waals surface area contributed by atoms with Gasteiger partial charge in [0.25, 0.3) is 11.5 Å². The van der Waals surface area contributed by atoms with Crippen LogP contribution in [0.2, 0.25) is 0 Å². The molecule has 0 unspecified atom stereocenters. The molecule has 2 N–H and O–H groups in total. The van der Waals surface area contributed by atoms with Gasteiger partial charge in [-0.15, -0.1) is 0 Å². The zero-order valence-corrected chi connectivity index (χ0v) is 16.3. The Hall–Kier alpha value is -2.61. The minimum absolute atomic E-state index is 0.0357. The van der Waals surface area contributed by atoms with E-state index in [2.05, 4.69) is 31.2 Å². The molecule has 0 spiro atoms. The summed E-state index contributed by atoms with van der Waals surface area (Å²) in [6.45, 7) is 2.62. The molecule has 0 atom stereocenters. The summed E-state index contributed by atoms with van der Waals surface area (Å²) >= 11 is 3.48. The Bertz CT molecular complexity index is 877. The molecule has 0 aliphatic rings. The minimum Gasteiger partial charge on any atom is -0.493 e. The first-order chi connectivity index (χ1) is 12.5. The number of methoxy groups -OCH3 is 1. The van der Waals surface area contributed by atoms with Crippen molar-refractivity contribution in [3.8, 4) is 11.5 Å². The molecule has 2 rings (SSSR count). The Morgan fingerprint density at radius 2 is 2.15 bits per heavy atom. The van der Waals surface area contributed by atoms with Crippen LogP contribution in [0, 0.1) is 0 Å². The zero-order valence-electron chi connectivity index (χ0n) is 14.8. The molecule has 7 nitrogen and oxygen atoms in total. The molecule has 1 aromatic carbocycles. The van der Waals surface area contributed by atoms with Gasteiger partial charge in [0.2, 0.25) is 0 Å². The van der Waals surface area contributed by atoms with Crippen LogP contribution < -0.4 is 20.3 Å². The lowest BCUT2D eigenvalue weighted by Gasteiger charge is -2.12. The van der Waals surface area contributed by atoms with E-state index < -0.39 is 11.5 Å². The maximum atomic E-state index is 11.9. The number of H-pyrrole nitrogens is 1. The molecule has 0 aliphatic carbocycles. The molecule has 138 valence electrons. The summed E-state index contributed by atoms with van der Waals surface area (Å²) in [7, 11) is 3.03. The Balaban J connectivity index is 2.28. The highest BCUT2D eigenvalue weighted by atomic mass is 79.9. The van der Waals surface area contributed by atoms with Crippen LogP contribution in [0.3, 0.4) is 0 Å². The summed E-state index contributed by atoms with van der Waals surface area (Å²) in [6.07, 6.45) is 5.55. The first-order valence-electron chi connectivity index (χ1n) is 8.00. The van der Waals surface area contributed by atoms with Crippen molar-refractivity contribution in [1.82, 2.24) is 15.3 Å². The summed E-state index contributed by atoms with van der Waals surface area (Å²) < 4.78 is 11.8. The number of halogens is 1. The monoisotopic (exact) mass is 421 g/mol. The van der Waals surface area contributed by atoms with Gasteiger partial charge in [-0.2, -0.15) is 0 Å². The first kappa shape index (κ1) is 19.7. The third-order valence-electron chi connectivity index (χ3n) is 3.43. The van der Waals surface area contributed by atoms with Crippen molar-refractivity contribution in [3.05, 3.63) is 50.1 Å². The molecule has 1 aromatic heterocycles. The molecule has 0 saturated carbocycles. The fourth-order valence-electron chi connectivity index (χ4n) is 2.15. The largest absolute Gasteiger partial charge is 0.493 e. The molecule has 2 aromatic rings. The van der Waals surface area contributed by atoms with Gasteiger partial charge in [0.05, 0.1) is 18.2 Å². The summed E-state index contributed by atoms with van der Waals surface area (Å²) in [5, 5.41) is 2.39.